The summed E-state index contributed by atoms with van der Waals surface area (Å²) in [5.74, 6) is 1.66. The van der Waals surface area contributed by atoms with Crippen LogP contribution in [0.4, 0.5) is 0 Å². The van der Waals surface area contributed by atoms with E-state index in [9.17, 15) is 0 Å². The van der Waals surface area contributed by atoms with Crippen molar-refractivity contribution in [3.05, 3.63) is 29.8 Å². The first-order valence-electron chi connectivity index (χ1n) is 6.31. The highest BCUT2D eigenvalue weighted by atomic mass is 16.5. The van der Waals surface area contributed by atoms with Crippen LogP contribution in [0.2, 0.25) is 0 Å². The predicted octanol–water partition coefficient (Wildman–Crippen LogP) is 4.30. The average molecular weight is 234 g/mol. The Labute approximate surface area is 104 Å². The average Bonchev–Trinajstić information content (AvgIpc) is 2.34. The molecule has 0 saturated heterocycles. The molecule has 0 bridgehead atoms. The lowest BCUT2D eigenvalue weighted by atomic mass is 10.0. The first-order valence-corrected chi connectivity index (χ1v) is 6.31. The van der Waals surface area contributed by atoms with Gasteiger partial charge in [0, 0.05) is 0 Å². The molecular weight excluding hydrogens is 212 g/mol. The van der Waals surface area contributed by atoms with E-state index in [1.54, 1.807) is 0 Å². The van der Waals surface area contributed by atoms with E-state index in [4.69, 9.17) is 9.47 Å². The van der Waals surface area contributed by atoms with Crippen molar-refractivity contribution in [3.8, 4) is 11.5 Å². The number of rotatable bonds is 6. The zero-order valence-electron chi connectivity index (χ0n) is 11.2. The molecule has 2 nitrogen and oxygen atoms in total. The van der Waals surface area contributed by atoms with E-state index in [1.165, 1.54) is 11.1 Å². The van der Waals surface area contributed by atoms with Crippen LogP contribution in [0.5, 0.6) is 11.5 Å². The summed E-state index contributed by atoms with van der Waals surface area (Å²) in [5.41, 5.74) is 2.54. The standard InChI is InChI=1S/C15H22O2/c1-5-12(6-2)13-9-10-14(16-7-3)15(11-13)17-8-4/h5,9-11H,6-8H2,1-4H3. The molecule has 0 atom stereocenters. The SMILES string of the molecule is CC=C(CC)c1ccc(OCC)c(OCC)c1. The van der Waals surface area contributed by atoms with E-state index in [2.05, 4.69) is 32.1 Å². The van der Waals surface area contributed by atoms with Gasteiger partial charge in [0.05, 0.1) is 13.2 Å². The highest BCUT2D eigenvalue weighted by molar-refractivity contribution is 5.67. The van der Waals surface area contributed by atoms with Gasteiger partial charge in [-0.25, -0.2) is 0 Å². The summed E-state index contributed by atoms with van der Waals surface area (Å²) in [5, 5.41) is 0. The Morgan fingerprint density at radius 2 is 1.71 bits per heavy atom. The van der Waals surface area contributed by atoms with Crippen molar-refractivity contribution in [1.29, 1.82) is 0 Å². The third kappa shape index (κ3) is 3.52. The molecule has 0 aromatic heterocycles. The van der Waals surface area contributed by atoms with Crippen LogP contribution in [-0.2, 0) is 0 Å². The minimum Gasteiger partial charge on any atom is -0.490 e. The van der Waals surface area contributed by atoms with Crippen LogP contribution in [0.15, 0.2) is 24.3 Å². The maximum absolute atomic E-state index is 5.62. The van der Waals surface area contributed by atoms with Crippen LogP contribution in [0.3, 0.4) is 0 Å². The summed E-state index contributed by atoms with van der Waals surface area (Å²) < 4.78 is 11.2. The highest BCUT2D eigenvalue weighted by Crippen LogP contribution is 2.31. The monoisotopic (exact) mass is 234 g/mol. The molecule has 0 heterocycles. The molecule has 0 saturated carbocycles. The summed E-state index contributed by atoms with van der Waals surface area (Å²) >= 11 is 0. The molecule has 0 spiro atoms. The highest BCUT2D eigenvalue weighted by Gasteiger charge is 2.07. The molecule has 0 aliphatic carbocycles. The van der Waals surface area contributed by atoms with Crippen LogP contribution in [-0.4, -0.2) is 13.2 Å². The van der Waals surface area contributed by atoms with Crippen LogP contribution in [0.1, 0.15) is 39.7 Å². The van der Waals surface area contributed by atoms with Crippen molar-refractivity contribution < 1.29 is 9.47 Å². The maximum atomic E-state index is 5.62. The van der Waals surface area contributed by atoms with Gasteiger partial charge < -0.3 is 9.47 Å². The third-order valence-electron chi connectivity index (χ3n) is 2.64. The molecule has 94 valence electrons. The largest absolute Gasteiger partial charge is 0.490 e. The van der Waals surface area contributed by atoms with Gasteiger partial charge in [0.1, 0.15) is 0 Å². The molecular formula is C15H22O2. The number of hydrogen-bond acceptors (Lipinski definition) is 2. The second-order valence-electron chi connectivity index (χ2n) is 3.70. The predicted molar refractivity (Wildman–Crippen MR) is 72.7 cm³/mol. The fourth-order valence-corrected chi connectivity index (χ4v) is 1.83. The number of benzene rings is 1. The lowest BCUT2D eigenvalue weighted by molar-refractivity contribution is 0.287. The molecule has 17 heavy (non-hydrogen) atoms. The van der Waals surface area contributed by atoms with Gasteiger partial charge in [-0.3, -0.25) is 0 Å². The molecule has 0 fully saturated rings. The van der Waals surface area contributed by atoms with Crippen LogP contribution >= 0.6 is 0 Å². The zero-order chi connectivity index (χ0) is 12.7. The summed E-state index contributed by atoms with van der Waals surface area (Å²) in [6, 6.07) is 6.14. The van der Waals surface area contributed by atoms with E-state index in [1.807, 2.05) is 19.9 Å². The minimum absolute atomic E-state index is 0.654. The second-order valence-corrected chi connectivity index (χ2v) is 3.70. The van der Waals surface area contributed by atoms with Gasteiger partial charge in [0.15, 0.2) is 11.5 Å². The van der Waals surface area contributed by atoms with Crippen molar-refractivity contribution in [2.24, 2.45) is 0 Å². The Kier molecular flexibility index (Phi) is 5.61. The molecule has 0 aliphatic heterocycles. The quantitative estimate of drug-likeness (QED) is 0.730. The molecule has 0 N–H and O–H groups in total. The van der Waals surface area contributed by atoms with E-state index < -0.39 is 0 Å². The minimum atomic E-state index is 0.654. The Morgan fingerprint density at radius 3 is 2.24 bits per heavy atom. The van der Waals surface area contributed by atoms with Gasteiger partial charge in [-0.05, 0) is 50.5 Å². The molecule has 2 heteroatoms. The van der Waals surface area contributed by atoms with Gasteiger partial charge in [0.25, 0.3) is 0 Å². The third-order valence-corrected chi connectivity index (χ3v) is 2.64. The normalized spacial score (nSPS) is 11.4. The summed E-state index contributed by atoms with van der Waals surface area (Å²) in [7, 11) is 0. The lowest BCUT2D eigenvalue weighted by Crippen LogP contribution is -1.99. The topological polar surface area (TPSA) is 18.5 Å². The van der Waals surface area contributed by atoms with E-state index >= 15 is 0 Å². The smallest absolute Gasteiger partial charge is 0.161 e. The Hall–Kier alpha value is -1.44. The maximum Gasteiger partial charge on any atom is 0.161 e. The molecule has 1 aromatic rings. The van der Waals surface area contributed by atoms with Crippen molar-refractivity contribution in [2.75, 3.05) is 13.2 Å². The Bertz CT molecular complexity index is 381. The van der Waals surface area contributed by atoms with E-state index in [0.29, 0.717) is 13.2 Å². The van der Waals surface area contributed by atoms with Gasteiger partial charge in [0.2, 0.25) is 0 Å². The number of allylic oxidation sites excluding steroid dienone is 2. The van der Waals surface area contributed by atoms with Gasteiger partial charge in [-0.2, -0.15) is 0 Å². The number of hydrogen-bond donors (Lipinski definition) is 0. The summed E-state index contributed by atoms with van der Waals surface area (Å²) in [6.45, 7) is 9.50. The first-order chi connectivity index (χ1) is 8.26. The van der Waals surface area contributed by atoms with Crippen molar-refractivity contribution in [1.82, 2.24) is 0 Å². The van der Waals surface area contributed by atoms with Gasteiger partial charge in [-0.1, -0.05) is 19.1 Å². The molecule has 1 aromatic carbocycles. The van der Waals surface area contributed by atoms with Crippen molar-refractivity contribution >= 4 is 5.57 Å². The van der Waals surface area contributed by atoms with E-state index in [-0.39, 0.29) is 0 Å². The van der Waals surface area contributed by atoms with Crippen LogP contribution < -0.4 is 9.47 Å². The van der Waals surface area contributed by atoms with Gasteiger partial charge >= 0.3 is 0 Å². The Morgan fingerprint density at radius 1 is 1.06 bits per heavy atom. The summed E-state index contributed by atoms with van der Waals surface area (Å²) in [6.07, 6.45) is 3.17. The van der Waals surface area contributed by atoms with Crippen molar-refractivity contribution in [3.63, 3.8) is 0 Å². The fourth-order valence-electron chi connectivity index (χ4n) is 1.83. The van der Waals surface area contributed by atoms with Gasteiger partial charge in [-0.15, -0.1) is 0 Å². The second kappa shape index (κ2) is 7.00. The number of ether oxygens (including phenoxy) is 2. The molecule has 0 aliphatic rings. The summed E-state index contributed by atoms with van der Waals surface area (Å²) in [4.78, 5) is 0. The first kappa shape index (κ1) is 13.6. The molecule has 0 radical (unpaired) electrons. The van der Waals surface area contributed by atoms with Crippen LogP contribution in [0.25, 0.3) is 5.57 Å². The lowest BCUT2D eigenvalue weighted by Gasteiger charge is -2.13. The molecule has 0 unspecified atom stereocenters. The van der Waals surface area contributed by atoms with Crippen molar-refractivity contribution in [2.45, 2.75) is 34.1 Å². The molecule has 1 rings (SSSR count). The van der Waals surface area contributed by atoms with Crippen LogP contribution in [0, 0.1) is 0 Å². The Balaban J connectivity index is 3.08. The molecule has 0 amide bonds. The fraction of sp³-hybridized carbons (Fsp3) is 0.467. The zero-order valence-corrected chi connectivity index (χ0v) is 11.2. The van der Waals surface area contributed by atoms with E-state index in [0.717, 1.165) is 17.9 Å².